The molecule has 2 aliphatic rings. The minimum atomic E-state index is -0.518. The molecule has 1 N–H and O–H groups in total. The summed E-state index contributed by atoms with van der Waals surface area (Å²) in [6.45, 7) is 2.10. The maximum Gasteiger partial charge on any atom is 0.288 e. The van der Waals surface area contributed by atoms with Crippen LogP contribution < -0.4 is 0 Å². The highest BCUT2D eigenvalue weighted by Crippen LogP contribution is 2.32. The Labute approximate surface area is 153 Å². The van der Waals surface area contributed by atoms with Crippen molar-refractivity contribution in [1.82, 2.24) is 4.90 Å². The number of nitrogens with zero attached hydrogens (tertiary/aromatic N) is 1. The standard InChI is InChI=1S/C20H26FNO4/c21-17-7-5-15(6-8-17)16-13-18(20(24)22-9-1-2-10-22)26-19(14-16)25-12-4-3-11-23/h5-8,13,16,19,23H,1-4,9-12,14H2/t16-,19+/m0/s1. The zero-order valence-corrected chi connectivity index (χ0v) is 14.9. The van der Waals surface area contributed by atoms with Crippen molar-refractivity contribution in [2.24, 2.45) is 0 Å². The summed E-state index contributed by atoms with van der Waals surface area (Å²) < 4.78 is 24.8. The summed E-state index contributed by atoms with van der Waals surface area (Å²) in [5.41, 5.74) is 0.936. The number of carbonyl (C=O) groups is 1. The molecule has 0 radical (unpaired) electrons. The van der Waals surface area contributed by atoms with Crippen LogP contribution in [0.15, 0.2) is 36.1 Å². The quantitative estimate of drug-likeness (QED) is 0.757. The predicted octanol–water partition coefficient (Wildman–Crippen LogP) is 2.95. The van der Waals surface area contributed by atoms with Crippen LogP contribution in [-0.2, 0) is 14.3 Å². The maximum atomic E-state index is 13.2. The van der Waals surface area contributed by atoms with E-state index in [4.69, 9.17) is 14.6 Å². The van der Waals surface area contributed by atoms with Gasteiger partial charge in [0.2, 0.25) is 6.29 Å². The fourth-order valence-electron chi connectivity index (χ4n) is 3.36. The predicted molar refractivity (Wildman–Crippen MR) is 94.8 cm³/mol. The lowest BCUT2D eigenvalue weighted by Gasteiger charge is -2.30. The smallest absolute Gasteiger partial charge is 0.288 e. The fourth-order valence-corrected chi connectivity index (χ4v) is 3.36. The Morgan fingerprint density at radius 1 is 1.23 bits per heavy atom. The van der Waals surface area contributed by atoms with Crippen LogP contribution in [-0.4, -0.2) is 48.5 Å². The number of carbonyl (C=O) groups excluding carboxylic acids is 1. The molecule has 0 unspecified atom stereocenters. The number of aliphatic hydroxyl groups is 1. The molecule has 2 heterocycles. The molecule has 0 aromatic heterocycles. The summed E-state index contributed by atoms with van der Waals surface area (Å²) in [4.78, 5) is 14.5. The van der Waals surface area contributed by atoms with Crippen molar-refractivity contribution in [3.63, 3.8) is 0 Å². The van der Waals surface area contributed by atoms with Gasteiger partial charge < -0.3 is 19.5 Å². The van der Waals surface area contributed by atoms with E-state index in [0.717, 1.165) is 37.9 Å². The second kappa shape index (κ2) is 9.14. The SMILES string of the molecule is O=C(C1=C[C@H](c2ccc(F)cc2)C[C@H](OCCCCO)O1)N1CCCC1. The van der Waals surface area contributed by atoms with Gasteiger partial charge in [-0.2, -0.15) is 0 Å². The molecular formula is C20H26FNO4. The number of likely N-dealkylation sites (tertiary alicyclic amines) is 1. The second-order valence-electron chi connectivity index (χ2n) is 6.77. The molecule has 1 saturated heterocycles. The summed E-state index contributed by atoms with van der Waals surface area (Å²) in [5.74, 6) is -0.124. The Balaban J connectivity index is 1.73. The van der Waals surface area contributed by atoms with Gasteiger partial charge in [0.1, 0.15) is 5.82 Å². The molecule has 0 bridgehead atoms. The second-order valence-corrected chi connectivity index (χ2v) is 6.77. The Morgan fingerprint density at radius 2 is 1.96 bits per heavy atom. The summed E-state index contributed by atoms with van der Waals surface area (Å²) in [5, 5.41) is 8.88. The Morgan fingerprint density at radius 3 is 2.65 bits per heavy atom. The van der Waals surface area contributed by atoms with Crippen LogP contribution in [0.25, 0.3) is 0 Å². The summed E-state index contributed by atoms with van der Waals surface area (Å²) >= 11 is 0. The molecule has 1 aromatic rings. The van der Waals surface area contributed by atoms with E-state index >= 15 is 0 Å². The van der Waals surface area contributed by atoms with Crippen molar-refractivity contribution < 1.29 is 23.8 Å². The molecule has 0 aliphatic carbocycles. The number of unbranched alkanes of at least 4 members (excludes halogenated alkanes) is 1. The van der Waals surface area contributed by atoms with Gasteiger partial charge >= 0.3 is 0 Å². The molecule has 0 spiro atoms. The lowest BCUT2D eigenvalue weighted by molar-refractivity contribution is -0.152. The molecule has 1 fully saturated rings. The third kappa shape index (κ3) is 4.83. The van der Waals surface area contributed by atoms with Crippen LogP contribution in [0.5, 0.6) is 0 Å². The van der Waals surface area contributed by atoms with Gasteiger partial charge in [-0.05, 0) is 49.5 Å². The number of rotatable bonds is 7. The van der Waals surface area contributed by atoms with Crippen molar-refractivity contribution in [3.8, 4) is 0 Å². The average molecular weight is 363 g/mol. The van der Waals surface area contributed by atoms with Gasteiger partial charge in [-0.1, -0.05) is 12.1 Å². The van der Waals surface area contributed by atoms with E-state index in [1.807, 2.05) is 11.0 Å². The topological polar surface area (TPSA) is 59.0 Å². The average Bonchev–Trinajstić information content (AvgIpc) is 3.20. The largest absolute Gasteiger partial charge is 0.459 e. The number of aliphatic hydroxyl groups excluding tert-OH is 1. The van der Waals surface area contributed by atoms with Crippen LogP contribution in [0, 0.1) is 5.82 Å². The normalized spacial score (nSPS) is 22.8. The van der Waals surface area contributed by atoms with E-state index in [1.54, 1.807) is 12.1 Å². The number of ether oxygens (including phenoxy) is 2. The third-order valence-corrected chi connectivity index (χ3v) is 4.82. The van der Waals surface area contributed by atoms with E-state index in [1.165, 1.54) is 12.1 Å². The van der Waals surface area contributed by atoms with Gasteiger partial charge in [0.05, 0.1) is 6.61 Å². The molecule has 1 aromatic carbocycles. The van der Waals surface area contributed by atoms with Crippen LogP contribution >= 0.6 is 0 Å². The Kier molecular flexibility index (Phi) is 6.63. The fraction of sp³-hybridized carbons (Fsp3) is 0.550. The lowest BCUT2D eigenvalue weighted by Crippen LogP contribution is -2.35. The number of benzene rings is 1. The van der Waals surface area contributed by atoms with Crippen LogP contribution in [0.2, 0.25) is 0 Å². The van der Waals surface area contributed by atoms with E-state index in [9.17, 15) is 9.18 Å². The van der Waals surface area contributed by atoms with E-state index < -0.39 is 6.29 Å². The van der Waals surface area contributed by atoms with Gasteiger partial charge in [-0.15, -0.1) is 0 Å². The van der Waals surface area contributed by atoms with Gasteiger partial charge in [0.25, 0.3) is 5.91 Å². The van der Waals surface area contributed by atoms with E-state index in [-0.39, 0.29) is 24.2 Å². The highest BCUT2D eigenvalue weighted by Gasteiger charge is 2.31. The van der Waals surface area contributed by atoms with Crippen molar-refractivity contribution in [3.05, 3.63) is 47.5 Å². The van der Waals surface area contributed by atoms with Crippen LogP contribution in [0.1, 0.15) is 43.6 Å². The van der Waals surface area contributed by atoms with Gasteiger partial charge in [0.15, 0.2) is 5.76 Å². The van der Waals surface area contributed by atoms with Crippen LogP contribution in [0.4, 0.5) is 4.39 Å². The summed E-state index contributed by atoms with van der Waals surface area (Å²) in [6, 6.07) is 6.33. The minimum Gasteiger partial charge on any atom is -0.459 e. The van der Waals surface area contributed by atoms with Gasteiger partial charge in [0, 0.05) is 32.0 Å². The van der Waals surface area contributed by atoms with E-state index in [2.05, 4.69) is 0 Å². The summed E-state index contributed by atoms with van der Waals surface area (Å²) in [7, 11) is 0. The zero-order chi connectivity index (χ0) is 18.4. The molecule has 5 nitrogen and oxygen atoms in total. The van der Waals surface area contributed by atoms with Crippen LogP contribution in [0.3, 0.4) is 0 Å². The zero-order valence-electron chi connectivity index (χ0n) is 14.9. The number of hydrogen-bond donors (Lipinski definition) is 1. The molecule has 2 atom stereocenters. The van der Waals surface area contributed by atoms with Gasteiger partial charge in [-0.3, -0.25) is 4.79 Å². The Hall–Kier alpha value is -1.92. The van der Waals surface area contributed by atoms with Crippen molar-refractivity contribution in [1.29, 1.82) is 0 Å². The molecule has 6 heteroatoms. The number of allylic oxidation sites excluding steroid dienone is 1. The maximum absolute atomic E-state index is 13.2. The van der Waals surface area contributed by atoms with Crippen molar-refractivity contribution in [2.75, 3.05) is 26.3 Å². The summed E-state index contributed by atoms with van der Waals surface area (Å²) in [6.07, 6.45) is 5.32. The molecule has 1 amide bonds. The first-order valence-corrected chi connectivity index (χ1v) is 9.33. The first kappa shape index (κ1) is 18.9. The molecule has 2 aliphatic heterocycles. The monoisotopic (exact) mass is 363 g/mol. The van der Waals surface area contributed by atoms with Crippen molar-refractivity contribution in [2.45, 2.75) is 44.3 Å². The van der Waals surface area contributed by atoms with E-state index in [0.29, 0.717) is 25.2 Å². The van der Waals surface area contributed by atoms with Crippen molar-refractivity contribution >= 4 is 5.91 Å². The minimum absolute atomic E-state index is 0.0613. The highest BCUT2D eigenvalue weighted by molar-refractivity contribution is 5.92. The molecule has 142 valence electrons. The number of hydrogen-bond acceptors (Lipinski definition) is 4. The highest BCUT2D eigenvalue weighted by atomic mass is 19.1. The molecule has 26 heavy (non-hydrogen) atoms. The van der Waals surface area contributed by atoms with Gasteiger partial charge in [-0.25, -0.2) is 4.39 Å². The number of amides is 1. The molecular weight excluding hydrogens is 337 g/mol. The third-order valence-electron chi connectivity index (χ3n) is 4.82. The Bertz CT molecular complexity index is 625. The molecule has 0 saturated carbocycles. The first-order valence-electron chi connectivity index (χ1n) is 9.33. The first-order chi connectivity index (χ1) is 12.7. The number of halogens is 1. The molecule has 3 rings (SSSR count). The lowest BCUT2D eigenvalue weighted by atomic mass is 9.93.